The number of amides is 8. The zero-order valence-corrected chi connectivity index (χ0v) is 44.6. The van der Waals surface area contributed by atoms with E-state index >= 15 is 0 Å². The molecule has 0 aliphatic carbocycles. The summed E-state index contributed by atoms with van der Waals surface area (Å²) in [5.41, 5.74) is 0.878. The molecule has 0 fully saturated rings. The number of nitrogens with one attached hydrogen (secondary N) is 8. The first-order valence-corrected chi connectivity index (χ1v) is 24.9. The van der Waals surface area contributed by atoms with E-state index in [1.807, 2.05) is 9.80 Å². The molecular formula is C50H80N10O16. The number of ether oxygens (including phenoxy) is 4. The molecule has 8 N–H and O–H groups in total. The van der Waals surface area contributed by atoms with E-state index < -0.39 is 23.9 Å². The van der Waals surface area contributed by atoms with Crippen molar-refractivity contribution in [3.8, 4) is 0 Å². The lowest BCUT2D eigenvalue weighted by molar-refractivity contribution is -0.139. The smallest absolute Gasteiger partial charge is 0.333 e. The fourth-order valence-electron chi connectivity index (χ4n) is 5.79. The molecule has 0 bridgehead atoms. The number of nitrogens with zero attached hydrogens (tertiary/aromatic N) is 2. The van der Waals surface area contributed by atoms with E-state index in [0.717, 1.165) is 0 Å². The Morgan fingerprint density at radius 3 is 0.632 bits per heavy atom. The molecule has 0 saturated heterocycles. The van der Waals surface area contributed by atoms with E-state index in [1.165, 1.54) is 27.7 Å². The van der Waals surface area contributed by atoms with Gasteiger partial charge in [-0.25, -0.2) is 19.2 Å². The van der Waals surface area contributed by atoms with Crippen LogP contribution in [0.3, 0.4) is 0 Å². The second-order valence-corrected chi connectivity index (χ2v) is 17.1. The van der Waals surface area contributed by atoms with Crippen molar-refractivity contribution in [3.05, 3.63) is 48.6 Å². The van der Waals surface area contributed by atoms with Gasteiger partial charge in [0.25, 0.3) is 0 Å². The lowest BCUT2D eigenvalue weighted by atomic mass is 10.2. The summed E-state index contributed by atoms with van der Waals surface area (Å²) in [6.07, 6.45) is -0.342. The lowest BCUT2D eigenvalue weighted by Gasteiger charge is -2.27. The number of carbonyl (C=O) groups excluding carboxylic acids is 12. The lowest BCUT2D eigenvalue weighted by Crippen LogP contribution is -2.42. The highest BCUT2D eigenvalue weighted by atomic mass is 16.5. The third-order valence-corrected chi connectivity index (χ3v) is 10.1. The molecule has 0 radical (unpaired) electrons. The van der Waals surface area contributed by atoms with Crippen LogP contribution in [0.2, 0.25) is 0 Å². The van der Waals surface area contributed by atoms with Crippen LogP contribution >= 0.6 is 0 Å². The van der Waals surface area contributed by atoms with Crippen LogP contribution in [-0.2, 0) is 76.5 Å². The summed E-state index contributed by atoms with van der Waals surface area (Å²) in [4.78, 5) is 151. The van der Waals surface area contributed by atoms with Gasteiger partial charge in [-0.3, -0.25) is 38.4 Å². The third kappa shape index (κ3) is 39.0. The Morgan fingerprint density at radius 2 is 0.447 bits per heavy atom. The molecule has 0 rings (SSSR count). The van der Waals surface area contributed by atoms with Crippen molar-refractivity contribution in [1.29, 1.82) is 0 Å². The van der Waals surface area contributed by atoms with Crippen molar-refractivity contribution in [2.24, 2.45) is 0 Å². The van der Waals surface area contributed by atoms with Gasteiger partial charge in [0, 0.05) is 139 Å². The van der Waals surface area contributed by atoms with Crippen LogP contribution in [0, 0.1) is 0 Å². The summed E-state index contributed by atoms with van der Waals surface area (Å²) >= 11 is 0. The Labute approximate surface area is 444 Å². The van der Waals surface area contributed by atoms with Gasteiger partial charge in [0.2, 0.25) is 47.3 Å². The quantitative estimate of drug-likeness (QED) is 0.0143. The molecule has 76 heavy (non-hydrogen) atoms. The summed E-state index contributed by atoms with van der Waals surface area (Å²) in [5, 5.41) is 21.1. The molecule has 426 valence electrons. The predicted octanol–water partition coefficient (Wildman–Crippen LogP) is -1.88. The summed E-state index contributed by atoms with van der Waals surface area (Å²) in [5.74, 6) is -5.42. The van der Waals surface area contributed by atoms with E-state index in [1.54, 1.807) is 0 Å². The summed E-state index contributed by atoms with van der Waals surface area (Å²) < 4.78 is 19.8. The van der Waals surface area contributed by atoms with E-state index in [9.17, 15) is 57.5 Å². The maximum absolute atomic E-state index is 12.9. The summed E-state index contributed by atoms with van der Waals surface area (Å²) in [7, 11) is 0. The van der Waals surface area contributed by atoms with Gasteiger partial charge in [0.1, 0.15) is 26.4 Å². The molecule has 0 aromatic heterocycles. The minimum Gasteiger partial charge on any atom is -0.460 e. The van der Waals surface area contributed by atoms with Gasteiger partial charge >= 0.3 is 23.9 Å². The van der Waals surface area contributed by atoms with Crippen molar-refractivity contribution < 1.29 is 76.5 Å². The Bertz CT molecular complexity index is 1750. The molecule has 0 atom stereocenters. The van der Waals surface area contributed by atoms with Crippen LogP contribution in [0.5, 0.6) is 0 Å². The Morgan fingerprint density at radius 1 is 0.276 bits per heavy atom. The topological polar surface area (TPSA) is 344 Å². The average Bonchev–Trinajstić information content (AvgIpc) is 3.36. The second-order valence-electron chi connectivity index (χ2n) is 17.1. The molecule has 0 heterocycles. The number of hydrogen-bond donors (Lipinski definition) is 8. The summed E-state index contributed by atoms with van der Waals surface area (Å²) in [6, 6.07) is 0. The average molecular weight is 1080 g/mol. The van der Waals surface area contributed by atoms with Gasteiger partial charge in [-0.1, -0.05) is 26.3 Å². The highest BCUT2D eigenvalue weighted by Gasteiger charge is 2.17. The monoisotopic (exact) mass is 1080 g/mol. The Hall–Kier alpha value is -7.48. The largest absolute Gasteiger partial charge is 0.460 e. The van der Waals surface area contributed by atoms with Crippen molar-refractivity contribution in [2.45, 2.75) is 79.1 Å². The highest BCUT2D eigenvalue weighted by molar-refractivity contribution is 5.88. The van der Waals surface area contributed by atoms with Crippen LogP contribution in [0.15, 0.2) is 48.6 Å². The fourth-order valence-corrected chi connectivity index (χ4v) is 5.79. The first-order chi connectivity index (χ1) is 36.0. The minimum absolute atomic E-state index is 0.0129. The van der Waals surface area contributed by atoms with Gasteiger partial charge in [0.15, 0.2) is 0 Å². The summed E-state index contributed by atoms with van der Waals surface area (Å²) in [6.45, 7) is 21.2. The van der Waals surface area contributed by atoms with Gasteiger partial charge in [-0.05, 0) is 27.7 Å². The SMILES string of the molecule is C=C(C)C(=O)OCCNC(=O)CCNC(=O)CCN(CCC(=O)NCCC(=O)NCCOC(=O)C(=C)C)CCN(CCC(=O)NCCC(=O)NCCOC(=O)C(=C)C)CCC(=O)NCCC(=O)NCCOC(=O)C(=C)C. The molecule has 0 aromatic carbocycles. The van der Waals surface area contributed by atoms with E-state index in [2.05, 4.69) is 68.9 Å². The normalized spacial score (nSPS) is 10.4. The number of esters is 4. The molecule has 0 spiro atoms. The molecule has 0 unspecified atom stereocenters. The maximum atomic E-state index is 12.9. The first kappa shape index (κ1) is 68.5. The Kier molecular flexibility index (Phi) is 37.7. The molecule has 0 saturated carbocycles. The van der Waals surface area contributed by atoms with Crippen molar-refractivity contribution in [2.75, 3.05) is 118 Å². The third-order valence-electron chi connectivity index (χ3n) is 10.1. The molecule has 26 heteroatoms. The van der Waals surface area contributed by atoms with Crippen LogP contribution in [0.1, 0.15) is 79.1 Å². The fraction of sp³-hybridized carbons (Fsp3) is 0.600. The van der Waals surface area contributed by atoms with E-state index in [-0.39, 0.29) is 239 Å². The van der Waals surface area contributed by atoms with E-state index in [0.29, 0.717) is 0 Å². The van der Waals surface area contributed by atoms with Gasteiger partial charge in [-0.2, -0.15) is 0 Å². The zero-order chi connectivity index (χ0) is 57.3. The van der Waals surface area contributed by atoms with Crippen molar-refractivity contribution in [1.82, 2.24) is 52.3 Å². The second kappa shape index (κ2) is 41.8. The molecule has 0 aliphatic rings. The first-order valence-electron chi connectivity index (χ1n) is 24.9. The van der Waals surface area contributed by atoms with Crippen LogP contribution in [0.4, 0.5) is 0 Å². The molecule has 26 nitrogen and oxygen atoms in total. The van der Waals surface area contributed by atoms with Crippen molar-refractivity contribution in [3.63, 3.8) is 0 Å². The van der Waals surface area contributed by atoms with Crippen LogP contribution in [-0.4, -0.2) is 199 Å². The van der Waals surface area contributed by atoms with Gasteiger partial charge in [-0.15, -0.1) is 0 Å². The van der Waals surface area contributed by atoms with Crippen LogP contribution in [0.25, 0.3) is 0 Å². The van der Waals surface area contributed by atoms with Gasteiger partial charge in [0.05, 0.1) is 26.2 Å². The molecular weight excluding hydrogens is 997 g/mol. The predicted molar refractivity (Wildman–Crippen MR) is 277 cm³/mol. The highest BCUT2D eigenvalue weighted by Crippen LogP contribution is 2.02. The van der Waals surface area contributed by atoms with Gasteiger partial charge < -0.3 is 71.3 Å². The maximum Gasteiger partial charge on any atom is 0.333 e. The Balaban J connectivity index is 5.69. The van der Waals surface area contributed by atoms with E-state index in [4.69, 9.17) is 18.9 Å². The minimum atomic E-state index is -0.585. The standard InChI is InChI=1S/C50H80N10O16/c1-35(2)47(69)73-31-21-55-39(61)9-17-51-43(65)13-25-59(26-14-44(66)52-18-10-40(62)56-22-32-74-48(70)36(3)4)29-30-60(27-15-45(67)53-19-11-41(63)57-23-33-75-49(71)37(5)6)28-16-46(68)54-20-12-42(64)58-24-34-76-50(72)38(7)8/h1,3,5,7,9-34H2,2,4,6,8H3,(H,51,65)(H,52,66)(H,53,67)(H,54,68)(H,55,61)(H,56,62)(H,57,63)(H,58,64). The number of carbonyl (C=O) groups is 12. The molecule has 8 amide bonds. The zero-order valence-electron chi connectivity index (χ0n) is 44.6. The van der Waals surface area contributed by atoms with Crippen LogP contribution < -0.4 is 42.5 Å². The molecule has 0 aliphatic heterocycles. The number of hydrogen-bond acceptors (Lipinski definition) is 18. The molecule has 0 aromatic rings. The number of rotatable bonds is 43. The van der Waals surface area contributed by atoms with Crippen molar-refractivity contribution >= 4 is 71.1 Å².